The maximum Gasteiger partial charge on any atom is 0.253 e. The number of carbonyl (C=O) groups is 1. The van der Waals surface area contributed by atoms with E-state index in [0.29, 0.717) is 0 Å². The Bertz CT molecular complexity index is 681. The summed E-state index contributed by atoms with van der Waals surface area (Å²) in [6.07, 6.45) is 10.2. The zero-order valence-electron chi connectivity index (χ0n) is 17.1. The van der Waals surface area contributed by atoms with Gasteiger partial charge < -0.3 is 10.0 Å². The Labute approximate surface area is 173 Å². The van der Waals surface area contributed by atoms with Gasteiger partial charge in [0, 0.05) is 43.2 Å². The lowest BCUT2D eigenvalue weighted by atomic mass is 9.71. The van der Waals surface area contributed by atoms with Crippen molar-refractivity contribution in [3.63, 3.8) is 0 Å². The Balaban J connectivity index is 1.37. The molecular formula is C23H34N2O2S. The average molecular weight is 403 g/mol. The van der Waals surface area contributed by atoms with Crippen LogP contribution in [0.3, 0.4) is 0 Å². The summed E-state index contributed by atoms with van der Waals surface area (Å²) >= 11 is 1.67. The summed E-state index contributed by atoms with van der Waals surface area (Å²) in [6, 6.07) is 7.96. The van der Waals surface area contributed by atoms with Crippen LogP contribution in [-0.4, -0.2) is 65.9 Å². The van der Waals surface area contributed by atoms with E-state index in [1.165, 1.54) is 25.7 Å². The first kappa shape index (κ1) is 20.2. The van der Waals surface area contributed by atoms with Crippen LogP contribution in [0.4, 0.5) is 0 Å². The number of carbonyl (C=O) groups excluding carboxylic acids is 1. The number of amides is 1. The van der Waals surface area contributed by atoms with Crippen LogP contribution >= 0.6 is 11.8 Å². The van der Waals surface area contributed by atoms with Gasteiger partial charge in [0.15, 0.2) is 0 Å². The van der Waals surface area contributed by atoms with Gasteiger partial charge in [0.1, 0.15) is 0 Å². The van der Waals surface area contributed by atoms with E-state index >= 15 is 0 Å². The van der Waals surface area contributed by atoms with Gasteiger partial charge in [0.05, 0.1) is 6.10 Å². The lowest BCUT2D eigenvalue weighted by molar-refractivity contribution is -0.0416. The van der Waals surface area contributed by atoms with Gasteiger partial charge in [0.2, 0.25) is 0 Å². The molecule has 0 radical (unpaired) electrons. The van der Waals surface area contributed by atoms with Crippen LogP contribution in [0.25, 0.3) is 0 Å². The van der Waals surface area contributed by atoms with Crippen molar-refractivity contribution in [2.75, 3.05) is 39.0 Å². The summed E-state index contributed by atoms with van der Waals surface area (Å²) in [5, 5.41) is 10.6. The summed E-state index contributed by atoms with van der Waals surface area (Å²) in [7, 11) is 0. The molecule has 1 aromatic rings. The second-order valence-corrected chi connectivity index (χ2v) is 10.1. The molecule has 1 amide bonds. The number of β-amino-alcohol motifs (C(OH)–C–C–N with tert-alkyl or cyclic N) is 1. The normalized spacial score (nSPS) is 26.1. The lowest BCUT2D eigenvalue weighted by Gasteiger charge is -2.49. The van der Waals surface area contributed by atoms with Crippen molar-refractivity contribution in [3.8, 4) is 0 Å². The summed E-state index contributed by atoms with van der Waals surface area (Å²) in [5.41, 5.74) is 0.989. The minimum absolute atomic E-state index is 0.157. The third-order valence-electron chi connectivity index (χ3n) is 7.12. The van der Waals surface area contributed by atoms with E-state index in [1.807, 2.05) is 29.4 Å². The zero-order valence-corrected chi connectivity index (χ0v) is 17.9. The fourth-order valence-corrected chi connectivity index (χ4v) is 6.11. The van der Waals surface area contributed by atoms with Gasteiger partial charge in [-0.3, -0.25) is 9.69 Å². The molecule has 1 spiro atoms. The lowest BCUT2D eigenvalue weighted by Crippen LogP contribution is -2.55. The Morgan fingerprint density at radius 1 is 1.25 bits per heavy atom. The number of nitrogens with zero attached hydrogens (tertiary/aromatic N) is 2. The van der Waals surface area contributed by atoms with Crippen molar-refractivity contribution in [2.45, 2.75) is 55.9 Å². The molecule has 1 atom stereocenters. The van der Waals surface area contributed by atoms with E-state index in [1.54, 1.807) is 11.8 Å². The number of likely N-dealkylation sites (tertiary alicyclic amines) is 2. The molecule has 4 nitrogen and oxygen atoms in total. The molecule has 1 unspecified atom stereocenters. The molecule has 3 aliphatic rings. The molecule has 1 aromatic carbocycles. The van der Waals surface area contributed by atoms with Crippen LogP contribution in [0.2, 0.25) is 0 Å². The maximum absolute atomic E-state index is 13.0. The predicted octanol–water partition coefficient (Wildman–Crippen LogP) is 3.89. The number of thioether (sulfide) groups is 1. The molecule has 4 rings (SSSR count). The van der Waals surface area contributed by atoms with E-state index in [-0.39, 0.29) is 17.4 Å². The second-order valence-electron chi connectivity index (χ2n) is 9.23. The highest BCUT2D eigenvalue weighted by Gasteiger charge is 2.42. The minimum atomic E-state index is -0.212. The Hall–Kier alpha value is -1.04. The summed E-state index contributed by atoms with van der Waals surface area (Å²) in [5.74, 6) is 0.984. The van der Waals surface area contributed by atoms with Gasteiger partial charge in [-0.25, -0.2) is 0 Å². The van der Waals surface area contributed by atoms with Crippen LogP contribution in [0.5, 0.6) is 0 Å². The van der Waals surface area contributed by atoms with Gasteiger partial charge >= 0.3 is 0 Å². The van der Waals surface area contributed by atoms with Crippen molar-refractivity contribution in [1.82, 2.24) is 9.80 Å². The summed E-state index contributed by atoms with van der Waals surface area (Å²) in [6.45, 7) is 4.72. The molecule has 1 aliphatic carbocycles. The molecule has 0 aromatic heterocycles. The maximum atomic E-state index is 13.0. The van der Waals surface area contributed by atoms with Gasteiger partial charge in [-0.2, -0.15) is 0 Å². The SMILES string of the molecule is CSc1cccc(C(=O)N2CCC3(CC2)CC(O)CN(CC2CCCC2)C3)c1. The van der Waals surface area contributed by atoms with Crippen molar-refractivity contribution in [3.05, 3.63) is 29.8 Å². The number of aliphatic hydroxyl groups excluding tert-OH is 1. The molecule has 3 fully saturated rings. The fourth-order valence-electron chi connectivity index (χ4n) is 5.65. The van der Waals surface area contributed by atoms with Crippen molar-refractivity contribution in [2.24, 2.45) is 11.3 Å². The number of piperidine rings is 2. The van der Waals surface area contributed by atoms with Gasteiger partial charge in [0.25, 0.3) is 5.91 Å². The highest BCUT2D eigenvalue weighted by molar-refractivity contribution is 7.98. The smallest absolute Gasteiger partial charge is 0.253 e. The van der Waals surface area contributed by atoms with Crippen LogP contribution in [-0.2, 0) is 0 Å². The summed E-state index contributed by atoms with van der Waals surface area (Å²) < 4.78 is 0. The number of rotatable bonds is 4. The molecule has 0 bridgehead atoms. The van der Waals surface area contributed by atoms with Crippen LogP contribution in [0, 0.1) is 11.3 Å². The standard InChI is InChI=1S/C23H34N2O2S/c1-28-21-8-4-7-19(13-21)22(27)25-11-9-23(10-12-25)14-20(26)16-24(17-23)15-18-5-2-3-6-18/h4,7-8,13,18,20,26H,2-3,5-6,9-12,14-17H2,1H3. The molecule has 2 heterocycles. The number of aliphatic hydroxyl groups is 1. The van der Waals surface area contributed by atoms with E-state index in [0.717, 1.165) is 68.4 Å². The Kier molecular flexibility index (Phi) is 6.34. The molecule has 2 aliphatic heterocycles. The Morgan fingerprint density at radius 2 is 2.00 bits per heavy atom. The molecule has 28 heavy (non-hydrogen) atoms. The third kappa shape index (κ3) is 4.58. The Morgan fingerprint density at radius 3 is 2.71 bits per heavy atom. The fraction of sp³-hybridized carbons (Fsp3) is 0.696. The minimum Gasteiger partial charge on any atom is -0.392 e. The number of hydrogen-bond acceptors (Lipinski definition) is 4. The van der Waals surface area contributed by atoms with Crippen molar-refractivity contribution >= 4 is 17.7 Å². The highest BCUT2D eigenvalue weighted by atomic mass is 32.2. The topological polar surface area (TPSA) is 43.8 Å². The third-order valence-corrected chi connectivity index (χ3v) is 7.84. The molecule has 1 saturated carbocycles. The predicted molar refractivity (Wildman–Crippen MR) is 115 cm³/mol. The zero-order chi connectivity index (χ0) is 19.6. The molecule has 2 saturated heterocycles. The van der Waals surface area contributed by atoms with E-state index in [4.69, 9.17) is 0 Å². The van der Waals surface area contributed by atoms with E-state index in [2.05, 4.69) is 11.0 Å². The second kappa shape index (κ2) is 8.76. The number of benzene rings is 1. The molecular weight excluding hydrogens is 368 g/mol. The number of hydrogen-bond donors (Lipinski definition) is 1. The van der Waals surface area contributed by atoms with Crippen LogP contribution in [0.15, 0.2) is 29.2 Å². The van der Waals surface area contributed by atoms with Gasteiger partial charge in [-0.1, -0.05) is 18.9 Å². The van der Waals surface area contributed by atoms with Crippen molar-refractivity contribution < 1.29 is 9.90 Å². The van der Waals surface area contributed by atoms with Gasteiger partial charge in [-0.15, -0.1) is 11.8 Å². The molecule has 154 valence electrons. The van der Waals surface area contributed by atoms with E-state index in [9.17, 15) is 9.90 Å². The van der Waals surface area contributed by atoms with Crippen LogP contribution in [0.1, 0.15) is 55.3 Å². The summed E-state index contributed by atoms with van der Waals surface area (Å²) in [4.78, 5) is 18.6. The first-order valence-corrected chi connectivity index (χ1v) is 12.1. The quantitative estimate of drug-likeness (QED) is 0.776. The highest BCUT2D eigenvalue weighted by Crippen LogP contribution is 2.41. The largest absolute Gasteiger partial charge is 0.392 e. The monoisotopic (exact) mass is 402 g/mol. The first-order chi connectivity index (χ1) is 13.6. The first-order valence-electron chi connectivity index (χ1n) is 10.9. The molecule has 5 heteroatoms. The molecule has 1 N–H and O–H groups in total. The van der Waals surface area contributed by atoms with E-state index < -0.39 is 0 Å². The van der Waals surface area contributed by atoms with Gasteiger partial charge in [-0.05, 0) is 67.9 Å². The van der Waals surface area contributed by atoms with Crippen LogP contribution < -0.4 is 0 Å². The van der Waals surface area contributed by atoms with Crippen molar-refractivity contribution in [1.29, 1.82) is 0 Å². The average Bonchev–Trinajstić information content (AvgIpc) is 3.20.